The van der Waals surface area contributed by atoms with E-state index in [0.29, 0.717) is 5.56 Å². The number of aromatic nitrogens is 1. The first-order valence-electron chi connectivity index (χ1n) is 5.65. The van der Waals surface area contributed by atoms with Gasteiger partial charge in [0, 0.05) is 18.5 Å². The topological polar surface area (TPSA) is 24.9 Å². The molecule has 0 aliphatic heterocycles. The van der Waals surface area contributed by atoms with Gasteiger partial charge in [0.1, 0.15) is 11.6 Å². The van der Waals surface area contributed by atoms with Gasteiger partial charge in [-0.1, -0.05) is 0 Å². The highest BCUT2D eigenvalue weighted by Gasteiger charge is 2.16. The number of hydrogen-bond acceptors (Lipinski definition) is 2. The van der Waals surface area contributed by atoms with Crippen LogP contribution < -0.4 is 5.32 Å². The summed E-state index contributed by atoms with van der Waals surface area (Å²) in [4.78, 5) is 4.06. The normalized spacial score (nSPS) is 12.4. The van der Waals surface area contributed by atoms with E-state index < -0.39 is 11.6 Å². The Morgan fingerprint density at radius 3 is 2.39 bits per heavy atom. The molecule has 0 radical (unpaired) electrons. The first-order chi connectivity index (χ1) is 8.61. The summed E-state index contributed by atoms with van der Waals surface area (Å²) in [7, 11) is 1.75. The van der Waals surface area contributed by atoms with Crippen molar-refractivity contribution in [2.24, 2.45) is 0 Å². The van der Waals surface area contributed by atoms with Gasteiger partial charge < -0.3 is 5.32 Å². The van der Waals surface area contributed by atoms with Gasteiger partial charge in [-0.05, 0) is 48.9 Å². The number of benzene rings is 1. The van der Waals surface area contributed by atoms with Crippen molar-refractivity contribution in [3.05, 3.63) is 65.0 Å². The Balaban J connectivity index is 2.48. The van der Waals surface area contributed by atoms with E-state index in [9.17, 15) is 8.78 Å². The molecule has 94 valence electrons. The lowest BCUT2D eigenvalue weighted by molar-refractivity contribution is 0.571. The Kier molecular flexibility index (Phi) is 3.67. The van der Waals surface area contributed by atoms with Crippen molar-refractivity contribution in [3.8, 4) is 0 Å². The summed E-state index contributed by atoms with van der Waals surface area (Å²) in [5, 5.41) is 3.06. The average molecular weight is 248 g/mol. The van der Waals surface area contributed by atoms with Crippen LogP contribution in [0.5, 0.6) is 0 Å². The lowest BCUT2D eigenvalue weighted by Crippen LogP contribution is -2.19. The second-order valence-corrected chi connectivity index (χ2v) is 4.16. The number of nitrogens with zero attached hydrogens (tertiary/aromatic N) is 1. The molecule has 0 fully saturated rings. The van der Waals surface area contributed by atoms with Crippen LogP contribution in [0.15, 0.2) is 36.7 Å². The number of pyridine rings is 1. The number of nitrogens with one attached hydrogen (secondary N) is 1. The van der Waals surface area contributed by atoms with Crippen LogP contribution in [0.3, 0.4) is 0 Å². The molecular weight excluding hydrogens is 234 g/mol. The van der Waals surface area contributed by atoms with Crippen LogP contribution in [0, 0.1) is 18.6 Å². The largest absolute Gasteiger partial charge is 0.309 e. The van der Waals surface area contributed by atoms with E-state index in [0.717, 1.165) is 17.2 Å². The first-order valence-corrected chi connectivity index (χ1v) is 5.65. The van der Waals surface area contributed by atoms with E-state index in [-0.39, 0.29) is 6.04 Å². The molecule has 0 spiro atoms. The summed E-state index contributed by atoms with van der Waals surface area (Å²) in [6.07, 6.45) is 3.40. The maximum absolute atomic E-state index is 13.3. The van der Waals surface area contributed by atoms with Crippen molar-refractivity contribution < 1.29 is 8.78 Å². The van der Waals surface area contributed by atoms with Gasteiger partial charge in [0.15, 0.2) is 0 Å². The molecule has 1 aromatic carbocycles. The molecule has 1 unspecified atom stereocenters. The summed E-state index contributed by atoms with van der Waals surface area (Å²) < 4.78 is 26.5. The van der Waals surface area contributed by atoms with E-state index >= 15 is 0 Å². The number of rotatable bonds is 3. The molecule has 0 aliphatic rings. The molecule has 1 heterocycles. The highest BCUT2D eigenvalue weighted by atomic mass is 19.1. The van der Waals surface area contributed by atoms with Crippen molar-refractivity contribution in [1.29, 1.82) is 0 Å². The van der Waals surface area contributed by atoms with Crippen LogP contribution in [0.2, 0.25) is 0 Å². The van der Waals surface area contributed by atoms with Crippen LogP contribution in [-0.4, -0.2) is 12.0 Å². The summed E-state index contributed by atoms with van der Waals surface area (Å²) in [6.45, 7) is 1.94. The fourth-order valence-electron chi connectivity index (χ4n) is 2.02. The Bertz CT molecular complexity index is 535. The van der Waals surface area contributed by atoms with E-state index in [1.807, 2.05) is 13.0 Å². The van der Waals surface area contributed by atoms with Crippen molar-refractivity contribution in [1.82, 2.24) is 10.3 Å². The minimum atomic E-state index is -0.577. The minimum Gasteiger partial charge on any atom is -0.309 e. The van der Waals surface area contributed by atoms with Crippen molar-refractivity contribution in [2.45, 2.75) is 13.0 Å². The predicted octanol–water partition coefficient (Wildman–Crippen LogP) is 2.98. The maximum Gasteiger partial charge on any atom is 0.126 e. The molecule has 2 aromatic rings. The summed E-state index contributed by atoms with van der Waals surface area (Å²) >= 11 is 0. The highest BCUT2D eigenvalue weighted by molar-refractivity contribution is 5.35. The molecule has 1 atom stereocenters. The van der Waals surface area contributed by atoms with Gasteiger partial charge in [0.05, 0.1) is 6.04 Å². The first kappa shape index (κ1) is 12.6. The SMILES string of the molecule is CNC(c1cc(F)cc(F)c1)c1cnccc1C. The van der Waals surface area contributed by atoms with Gasteiger partial charge in [-0.3, -0.25) is 4.98 Å². The van der Waals surface area contributed by atoms with Crippen LogP contribution in [-0.2, 0) is 0 Å². The summed E-state index contributed by atoms with van der Waals surface area (Å²) in [5.41, 5.74) is 2.48. The fourth-order valence-corrected chi connectivity index (χ4v) is 2.02. The van der Waals surface area contributed by atoms with Gasteiger partial charge in [-0.2, -0.15) is 0 Å². The predicted molar refractivity (Wildman–Crippen MR) is 66.2 cm³/mol. The zero-order valence-electron chi connectivity index (χ0n) is 10.2. The molecular formula is C14H14F2N2. The molecule has 4 heteroatoms. The van der Waals surface area contributed by atoms with Gasteiger partial charge in [0.25, 0.3) is 0 Å². The third-order valence-electron chi connectivity index (χ3n) is 2.90. The second kappa shape index (κ2) is 5.23. The Morgan fingerprint density at radius 1 is 1.17 bits per heavy atom. The molecule has 0 bridgehead atoms. The van der Waals surface area contributed by atoms with Crippen molar-refractivity contribution in [2.75, 3.05) is 7.05 Å². The molecule has 0 amide bonds. The molecule has 2 rings (SSSR count). The van der Waals surface area contributed by atoms with Gasteiger partial charge in [-0.15, -0.1) is 0 Å². The average Bonchev–Trinajstić information content (AvgIpc) is 2.31. The standard InChI is InChI=1S/C14H14F2N2/c1-9-3-4-18-8-13(9)14(17-2)10-5-11(15)7-12(16)6-10/h3-8,14,17H,1-2H3. The zero-order valence-corrected chi connectivity index (χ0v) is 10.2. The van der Waals surface area contributed by atoms with Crippen LogP contribution >= 0.6 is 0 Å². The third kappa shape index (κ3) is 2.54. The monoisotopic (exact) mass is 248 g/mol. The number of halogens is 2. The maximum atomic E-state index is 13.3. The van der Waals surface area contributed by atoms with E-state index in [2.05, 4.69) is 10.3 Å². The summed E-state index contributed by atoms with van der Waals surface area (Å²) in [6, 6.07) is 5.12. The zero-order chi connectivity index (χ0) is 13.1. The van der Waals surface area contributed by atoms with Crippen molar-refractivity contribution in [3.63, 3.8) is 0 Å². The lowest BCUT2D eigenvalue weighted by Gasteiger charge is -2.19. The molecule has 1 N–H and O–H groups in total. The number of aryl methyl sites for hydroxylation is 1. The summed E-state index contributed by atoms with van der Waals surface area (Å²) in [5.74, 6) is -1.15. The molecule has 1 aromatic heterocycles. The third-order valence-corrected chi connectivity index (χ3v) is 2.90. The fraction of sp³-hybridized carbons (Fsp3) is 0.214. The molecule has 0 aliphatic carbocycles. The quantitative estimate of drug-likeness (QED) is 0.903. The van der Waals surface area contributed by atoms with Gasteiger partial charge in [0.2, 0.25) is 0 Å². The van der Waals surface area contributed by atoms with Crippen LogP contribution in [0.4, 0.5) is 8.78 Å². The Morgan fingerprint density at radius 2 is 1.83 bits per heavy atom. The number of hydrogen-bond donors (Lipinski definition) is 1. The van der Waals surface area contributed by atoms with Gasteiger partial charge >= 0.3 is 0 Å². The Hall–Kier alpha value is -1.81. The van der Waals surface area contributed by atoms with Crippen LogP contribution in [0.25, 0.3) is 0 Å². The minimum absolute atomic E-state index is 0.274. The smallest absolute Gasteiger partial charge is 0.126 e. The molecule has 0 saturated heterocycles. The van der Waals surface area contributed by atoms with E-state index in [4.69, 9.17) is 0 Å². The van der Waals surface area contributed by atoms with Crippen molar-refractivity contribution >= 4 is 0 Å². The Labute approximate surface area is 105 Å². The second-order valence-electron chi connectivity index (χ2n) is 4.16. The van der Waals surface area contributed by atoms with E-state index in [1.165, 1.54) is 12.1 Å². The molecule has 2 nitrogen and oxygen atoms in total. The van der Waals surface area contributed by atoms with Crippen LogP contribution in [0.1, 0.15) is 22.7 Å². The van der Waals surface area contributed by atoms with E-state index in [1.54, 1.807) is 19.4 Å². The lowest BCUT2D eigenvalue weighted by atomic mass is 9.97. The molecule has 18 heavy (non-hydrogen) atoms. The molecule has 0 saturated carbocycles. The van der Waals surface area contributed by atoms with Gasteiger partial charge in [-0.25, -0.2) is 8.78 Å². The highest BCUT2D eigenvalue weighted by Crippen LogP contribution is 2.25.